The Kier molecular flexibility index (Phi) is 3.47. The zero-order chi connectivity index (χ0) is 13.1. The van der Waals surface area contributed by atoms with Gasteiger partial charge in [-0.2, -0.15) is 4.68 Å². The van der Waals surface area contributed by atoms with E-state index in [1.165, 1.54) is 7.11 Å². The zero-order valence-electron chi connectivity index (χ0n) is 9.39. The highest BCUT2D eigenvalue weighted by Crippen LogP contribution is 2.11. The molecule has 0 aliphatic rings. The van der Waals surface area contributed by atoms with Crippen molar-refractivity contribution in [1.29, 1.82) is 0 Å². The number of hydrogen-bond acceptors (Lipinski definition) is 5. The van der Waals surface area contributed by atoms with Gasteiger partial charge in [0.05, 0.1) is 18.9 Å². The lowest BCUT2D eigenvalue weighted by Crippen LogP contribution is -2.18. The predicted molar refractivity (Wildman–Crippen MR) is 54.7 cm³/mol. The zero-order valence-corrected chi connectivity index (χ0v) is 9.39. The van der Waals surface area contributed by atoms with Gasteiger partial charge in [-0.05, 0) is 0 Å². The molecule has 0 unspecified atom stereocenters. The van der Waals surface area contributed by atoms with Crippen LogP contribution >= 0.6 is 0 Å². The molecule has 0 N–H and O–H groups in total. The van der Waals surface area contributed by atoms with Crippen molar-refractivity contribution in [2.45, 2.75) is 13.2 Å². The third-order valence-corrected chi connectivity index (χ3v) is 2.18. The summed E-state index contributed by atoms with van der Waals surface area (Å²) in [6, 6.07) is 0. The van der Waals surface area contributed by atoms with Crippen LogP contribution in [-0.2, 0) is 17.9 Å². The fraction of sp³-hybridized carbons (Fsp3) is 0.300. The van der Waals surface area contributed by atoms with Gasteiger partial charge in [-0.3, -0.25) is 4.98 Å². The molecule has 0 fully saturated rings. The van der Waals surface area contributed by atoms with Gasteiger partial charge in [0.1, 0.15) is 18.2 Å². The summed E-state index contributed by atoms with van der Waals surface area (Å²) in [7, 11) is 1.40. The van der Waals surface area contributed by atoms with Gasteiger partial charge in [0.2, 0.25) is 5.89 Å². The molecule has 0 atom stereocenters. The number of methoxy groups -OCH3 is 1. The smallest absolute Gasteiger partial charge is 0.390 e. The first kappa shape index (κ1) is 12.4. The van der Waals surface area contributed by atoms with Crippen molar-refractivity contribution >= 4 is 0 Å². The monoisotopic (exact) mass is 257 g/mol. The molecule has 0 saturated heterocycles. The highest BCUT2D eigenvalue weighted by Gasteiger charge is 2.14. The molecule has 0 amide bonds. The molecule has 0 bridgehead atoms. The molecule has 0 radical (unpaired) electrons. The predicted octanol–water partition coefficient (Wildman–Crippen LogP) is 0.704. The largest absolute Gasteiger partial charge is 0.437 e. The molecular weight excluding hydrogens is 248 g/mol. The van der Waals surface area contributed by atoms with Gasteiger partial charge in [-0.15, -0.1) is 5.10 Å². The quantitative estimate of drug-likeness (QED) is 0.806. The summed E-state index contributed by atoms with van der Waals surface area (Å²) in [6.45, 7) is -0.365. The summed E-state index contributed by atoms with van der Waals surface area (Å²) < 4.78 is 36.9. The van der Waals surface area contributed by atoms with Crippen LogP contribution in [0.3, 0.4) is 0 Å². The van der Waals surface area contributed by atoms with Crippen molar-refractivity contribution in [2.24, 2.45) is 0 Å². The maximum Gasteiger partial charge on any atom is 0.437 e. The van der Waals surface area contributed by atoms with Crippen molar-refractivity contribution in [1.82, 2.24) is 14.8 Å². The lowest BCUT2D eigenvalue weighted by atomic mass is 10.2. The van der Waals surface area contributed by atoms with Crippen molar-refractivity contribution in [3.05, 3.63) is 46.0 Å². The average Bonchev–Trinajstić information content (AvgIpc) is 2.65. The summed E-state index contributed by atoms with van der Waals surface area (Å²) in [5.74, 6) is -2.47. The molecular formula is C10H9F2N3O3. The van der Waals surface area contributed by atoms with Crippen LogP contribution in [0.25, 0.3) is 0 Å². The molecule has 18 heavy (non-hydrogen) atoms. The van der Waals surface area contributed by atoms with Crippen molar-refractivity contribution in [2.75, 3.05) is 7.11 Å². The molecule has 8 heteroatoms. The van der Waals surface area contributed by atoms with Crippen LogP contribution in [0.2, 0.25) is 0 Å². The molecule has 0 saturated carbocycles. The highest BCUT2D eigenvalue weighted by atomic mass is 19.1. The molecule has 0 spiro atoms. The van der Waals surface area contributed by atoms with E-state index in [0.29, 0.717) is 0 Å². The Balaban J connectivity index is 2.31. The molecule has 0 aromatic carbocycles. The average molecular weight is 257 g/mol. The van der Waals surface area contributed by atoms with Gasteiger partial charge in [-0.25, -0.2) is 13.6 Å². The van der Waals surface area contributed by atoms with Crippen LogP contribution in [0.5, 0.6) is 0 Å². The van der Waals surface area contributed by atoms with E-state index < -0.39 is 17.4 Å². The first-order valence-corrected chi connectivity index (χ1v) is 4.95. The number of halogens is 2. The SMILES string of the molecule is COCc1nn(Cc2c(F)cncc2F)c(=O)o1. The highest BCUT2D eigenvalue weighted by molar-refractivity contribution is 5.15. The summed E-state index contributed by atoms with van der Waals surface area (Å²) in [5, 5.41) is 3.74. The van der Waals surface area contributed by atoms with Gasteiger partial charge in [0, 0.05) is 12.7 Å². The molecule has 2 aromatic heterocycles. The summed E-state index contributed by atoms with van der Waals surface area (Å²) >= 11 is 0. The van der Waals surface area contributed by atoms with E-state index in [1.807, 2.05) is 0 Å². The second-order valence-corrected chi connectivity index (χ2v) is 3.43. The van der Waals surface area contributed by atoms with Crippen molar-refractivity contribution < 1.29 is 17.9 Å². The first-order valence-electron chi connectivity index (χ1n) is 4.95. The second-order valence-electron chi connectivity index (χ2n) is 3.43. The minimum atomic E-state index is -0.849. The van der Waals surface area contributed by atoms with Gasteiger partial charge in [0.25, 0.3) is 0 Å². The van der Waals surface area contributed by atoms with E-state index in [4.69, 9.17) is 9.15 Å². The number of aromatic nitrogens is 3. The van der Waals surface area contributed by atoms with Crippen LogP contribution < -0.4 is 5.76 Å². The Hall–Kier alpha value is -2.09. The van der Waals surface area contributed by atoms with E-state index >= 15 is 0 Å². The van der Waals surface area contributed by atoms with E-state index in [2.05, 4.69) is 10.1 Å². The summed E-state index contributed by atoms with van der Waals surface area (Å²) in [4.78, 5) is 14.7. The minimum Gasteiger partial charge on any atom is -0.390 e. The second kappa shape index (κ2) is 5.05. The maximum absolute atomic E-state index is 13.3. The Bertz CT molecular complexity index is 588. The lowest BCUT2D eigenvalue weighted by Gasteiger charge is -2.02. The van der Waals surface area contributed by atoms with E-state index in [1.54, 1.807) is 0 Å². The Labute approximate surface area is 99.8 Å². The fourth-order valence-corrected chi connectivity index (χ4v) is 1.37. The minimum absolute atomic E-state index is 0.00352. The fourth-order valence-electron chi connectivity index (χ4n) is 1.37. The third-order valence-electron chi connectivity index (χ3n) is 2.18. The molecule has 2 heterocycles. The molecule has 0 aliphatic heterocycles. The number of hydrogen-bond donors (Lipinski definition) is 0. The van der Waals surface area contributed by atoms with Crippen molar-refractivity contribution in [3.8, 4) is 0 Å². The first-order chi connectivity index (χ1) is 8.61. The number of rotatable bonds is 4. The van der Waals surface area contributed by atoms with Gasteiger partial charge < -0.3 is 9.15 Å². The lowest BCUT2D eigenvalue weighted by molar-refractivity contribution is 0.158. The Morgan fingerprint density at radius 1 is 1.39 bits per heavy atom. The normalized spacial score (nSPS) is 10.8. The van der Waals surface area contributed by atoms with Crippen LogP contribution in [0, 0.1) is 11.6 Å². The molecule has 2 aromatic rings. The molecule has 0 aliphatic carbocycles. The summed E-state index contributed by atoms with van der Waals surface area (Å²) in [6.07, 6.45) is 1.72. The number of pyridine rings is 1. The van der Waals surface area contributed by atoms with Gasteiger partial charge in [-0.1, -0.05) is 0 Å². The van der Waals surface area contributed by atoms with Crippen LogP contribution in [0.15, 0.2) is 21.6 Å². The maximum atomic E-state index is 13.3. The molecule has 6 nitrogen and oxygen atoms in total. The number of nitrogens with zero attached hydrogens (tertiary/aromatic N) is 3. The van der Waals surface area contributed by atoms with E-state index in [0.717, 1.165) is 17.1 Å². The van der Waals surface area contributed by atoms with Crippen LogP contribution in [-0.4, -0.2) is 21.9 Å². The molecule has 2 rings (SSSR count). The van der Waals surface area contributed by atoms with E-state index in [-0.39, 0.29) is 24.6 Å². The third kappa shape index (κ3) is 2.43. The van der Waals surface area contributed by atoms with Crippen LogP contribution in [0.1, 0.15) is 11.5 Å². The summed E-state index contributed by atoms with van der Waals surface area (Å²) in [5.41, 5.74) is -0.302. The van der Waals surface area contributed by atoms with Gasteiger partial charge >= 0.3 is 5.76 Å². The van der Waals surface area contributed by atoms with Gasteiger partial charge in [0.15, 0.2) is 0 Å². The Morgan fingerprint density at radius 3 is 2.67 bits per heavy atom. The van der Waals surface area contributed by atoms with Crippen LogP contribution in [0.4, 0.5) is 8.78 Å². The molecule has 96 valence electrons. The Morgan fingerprint density at radius 2 is 2.06 bits per heavy atom. The topological polar surface area (TPSA) is 70.2 Å². The van der Waals surface area contributed by atoms with Crippen molar-refractivity contribution in [3.63, 3.8) is 0 Å². The standard InChI is InChI=1S/C10H9F2N3O3/c1-17-5-9-14-15(10(16)18-9)4-6-7(11)2-13-3-8(6)12/h2-3H,4-5H2,1H3. The van der Waals surface area contributed by atoms with E-state index in [9.17, 15) is 13.6 Å². The number of ether oxygens (including phenoxy) is 1.